The summed E-state index contributed by atoms with van der Waals surface area (Å²) in [7, 11) is 0. The number of hydrogen-bond acceptors (Lipinski definition) is 5. The average Bonchev–Trinajstić information content (AvgIpc) is 3.02. The van der Waals surface area contributed by atoms with Crippen LogP contribution in [0.1, 0.15) is 32.9 Å². The molecule has 162 valence electrons. The molecule has 2 aromatic carbocycles. The molecule has 1 N–H and O–H groups in total. The zero-order valence-electron chi connectivity index (χ0n) is 17.5. The van der Waals surface area contributed by atoms with Gasteiger partial charge in [0, 0.05) is 12.1 Å². The Balaban J connectivity index is 1.53. The topological polar surface area (TPSA) is 99.3 Å². The van der Waals surface area contributed by atoms with E-state index < -0.39 is 4.92 Å². The molecule has 8 nitrogen and oxygen atoms in total. The summed E-state index contributed by atoms with van der Waals surface area (Å²) in [6, 6.07) is 12.7. The summed E-state index contributed by atoms with van der Waals surface area (Å²) in [5.74, 6) is 0.387. The molecule has 1 amide bonds. The predicted molar refractivity (Wildman–Crippen MR) is 118 cm³/mol. The van der Waals surface area contributed by atoms with Crippen LogP contribution >= 0.6 is 11.6 Å². The lowest BCUT2D eigenvalue weighted by Gasteiger charge is -2.10. The van der Waals surface area contributed by atoms with Crippen LogP contribution in [0.5, 0.6) is 5.75 Å². The van der Waals surface area contributed by atoms with Crippen LogP contribution in [-0.4, -0.2) is 27.2 Å². The maximum Gasteiger partial charge on any atom is 0.312 e. The highest BCUT2D eigenvalue weighted by atomic mass is 35.5. The van der Waals surface area contributed by atoms with Crippen LogP contribution in [0.2, 0.25) is 5.02 Å². The van der Waals surface area contributed by atoms with E-state index in [1.807, 2.05) is 31.2 Å². The van der Waals surface area contributed by atoms with Gasteiger partial charge in [0.05, 0.1) is 16.5 Å². The van der Waals surface area contributed by atoms with Crippen LogP contribution < -0.4 is 10.1 Å². The summed E-state index contributed by atoms with van der Waals surface area (Å²) in [6.07, 6.45) is 0. The summed E-state index contributed by atoms with van der Waals surface area (Å²) in [5, 5.41) is 18.6. The van der Waals surface area contributed by atoms with E-state index in [9.17, 15) is 14.9 Å². The van der Waals surface area contributed by atoms with Gasteiger partial charge in [0.25, 0.3) is 5.91 Å². The van der Waals surface area contributed by atoms with Crippen LogP contribution in [0, 0.1) is 30.9 Å². The fraction of sp³-hybridized carbons (Fsp3) is 0.273. The minimum atomic E-state index is -0.440. The average molecular weight is 443 g/mol. The quantitative estimate of drug-likeness (QED) is 0.412. The van der Waals surface area contributed by atoms with E-state index in [0.717, 1.165) is 11.1 Å². The first kappa shape index (κ1) is 22.3. The van der Waals surface area contributed by atoms with Gasteiger partial charge in [-0.15, -0.1) is 0 Å². The van der Waals surface area contributed by atoms with Gasteiger partial charge in [0.1, 0.15) is 23.7 Å². The van der Waals surface area contributed by atoms with E-state index in [-0.39, 0.29) is 11.6 Å². The predicted octanol–water partition coefficient (Wildman–Crippen LogP) is 4.38. The molecule has 0 aliphatic heterocycles. The number of aryl methyl sites for hydroxylation is 2. The third-order valence-electron chi connectivity index (χ3n) is 4.83. The van der Waals surface area contributed by atoms with Crippen molar-refractivity contribution in [1.82, 2.24) is 15.1 Å². The second-order valence-electron chi connectivity index (χ2n) is 7.18. The van der Waals surface area contributed by atoms with Crippen LogP contribution in [0.25, 0.3) is 0 Å². The number of hydrogen-bond donors (Lipinski definition) is 1. The van der Waals surface area contributed by atoms with Crippen molar-refractivity contribution in [3.63, 3.8) is 0 Å². The molecule has 0 fully saturated rings. The van der Waals surface area contributed by atoms with E-state index in [4.69, 9.17) is 16.3 Å². The molecule has 0 aliphatic carbocycles. The minimum absolute atomic E-state index is 0.0103. The molecule has 3 aromatic rings. The first-order valence-corrected chi connectivity index (χ1v) is 10.1. The second-order valence-corrected chi connectivity index (χ2v) is 7.58. The Morgan fingerprint density at radius 1 is 1.19 bits per heavy atom. The van der Waals surface area contributed by atoms with Gasteiger partial charge in [0.2, 0.25) is 0 Å². The molecular weight excluding hydrogens is 420 g/mol. The molecule has 0 atom stereocenters. The van der Waals surface area contributed by atoms with Crippen molar-refractivity contribution in [1.29, 1.82) is 0 Å². The third kappa shape index (κ3) is 5.40. The number of carbonyl (C=O) groups is 1. The number of halogens is 1. The van der Waals surface area contributed by atoms with Crippen molar-refractivity contribution in [2.75, 3.05) is 6.54 Å². The number of nitro groups is 1. The van der Waals surface area contributed by atoms with Crippen molar-refractivity contribution in [3.05, 3.63) is 85.7 Å². The van der Waals surface area contributed by atoms with E-state index in [1.54, 1.807) is 32.0 Å². The summed E-state index contributed by atoms with van der Waals surface area (Å²) in [4.78, 5) is 23.0. The Morgan fingerprint density at radius 3 is 2.55 bits per heavy atom. The van der Waals surface area contributed by atoms with Crippen LogP contribution in [0.3, 0.4) is 0 Å². The zero-order chi connectivity index (χ0) is 22.5. The lowest BCUT2D eigenvalue weighted by atomic mass is 10.1. The Hall–Kier alpha value is -3.39. The van der Waals surface area contributed by atoms with Gasteiger partial charge >= 0.3 is 5.69 Å². The number of nitrogens with zero attached hydrogens (tertiary/aromatic N) is 3. The van der Waals surface area contributed by atoms with Crippen molar-refractivity contribution in [2.45, 2.75) is 33.9 Å². The molecular formula is C22H23ClN4O4. The highest BCUT2D eigenvalue weighted by molar-refractivity contribution is 6.32. The summed E-state index contributed by atoms with van der Waals surface area (Å²) in [6.45, 7) is 6.18. The van der Waals surface area contributed by atoms with Gasteiger partial charge in [-0.1, -0.05) is 29.8 Å². The summed E-state index contributed by atoms with van der Waals surface area (Å²) < 4.78 is 7.30. The highest BCUT2D eigenvalue weighted by Gasteiger charge is 2.21. The molecule has 0 unspecified atom stereocenters. The van der Waals surface area contributed by atoms with Gasteiger partial charge in [0.15, 0.2) is 0 Å². The first-order valence-electron chi connectivity index (χ1n) is 9.70. The summed E-state index contributed by atoms with van der Waals surface area (Å²) >= 11 is 6.14. The van der Waals surface area contributed by atoms with Crippen molar-refractivity contribution >= 4 is 23.2 Å². The number of benzene rings is 2. The van der Waals surface area contributed by atoms with Gasteiger partial charge in [-0.25, -0.2) is 0 Å². The van der Waals surface area contributed by atoms with E-state index in [1.165, 1.54) is 4.68 Å². The van der Waals surface area contributed by atoms with Crippen LogP contribution in [0.15, 0.2) is 42.5 Å². The molecule has 0 bridgehead atoms. The molecule has 0 saturated heterocycles. The van der Waals surface area contributed by atoms with Gasteiger partial charge in [-0.3, -0.25) is 19.6 Å². The normalized spacial score (nSPS) is 10.7. The largest absolute Gasteiger partial charge is 0.487 e. The number of ether oxygens (including phenoxy) is 1. The van der Waals surface area contributed by atoms with Crippen LogP contribution in [0.4, 0.5) is 5.69 Å². The highest BCUT2D eigenvalue weighted by Crippen LogP contribution is 2.26. The number of amides is 1. The van der Waals surface area contributed by atoms with Crippen molar-refractivity contribution < 1.29 is 14.5 Å². The Morgan fingerprint density at radius 2 is 1.90 bits per heavy atom. The molecule has 0 radical (unpaired) electrons. The number of nitrogens with one attached hydrogen (secondary N) is 1. The smallest absolute Gasteiger partial charge is 0.312 e. The molecule has 1 heterocycles. The number of rotatable bonds is 8. The molecule has 3 rings (SSSR count). The molecule has 0 spiro atoms. The van der Waals surface area contributed by atoms with Crippen LogP contribution in [-0.2, 0) is 13.2 Å². The maximum absolute atomic E-state index is 12.4. The molecule has 1 aromatic heterocycles. The zero-order valence-corrected chi connectivity index (χ0v) is 18.3. The van der Waals surface area contributed by atoms with Gasteiger partial charge < -0.3 is 10.1 Å². The standard InChI is InChI=1S/C22H23ClN4O4/c1-14-4-9-19(23)20(12-14)31-13-17-5-7-18(8-6-17)22(28)24-10-11-26-16(3)21(27(29)30)15(2)25-26/h4-9,12H,10-11,13H2,1-3H3,(H,24,28). The summed E-state index contributed by atoms with van der Waals surface area (Å²) in [5.41, 5.74) is 3.31. The second kappa shape index (κ2) is 9.61. The fourth-order valence-corrected chi connectivity index (χ4v) is 3.35. The van der Waals surface area contributed by atoms with Crippen molar-refractivity contribution in [2.24, 2.45) is 0 Å². The third-order valence-corrected chi connectivity index (χ3v) is 5.14. The first-order chi connectivity index (χ1) is 14.8. The Kier molecular flexibility index (Phi) is 6.91. The monoisotopic (exact) mass is 442 g/mol. The Bertz CT molecular complexity index is 1110. The van der Waals surface area contributed by atoms with E-state index >= 15 is 0 Å². The van der Waals surface area contributed by atoms with E-state index in [0.29, 0.717) is 47.4 Å². The molecule has 31 heavy (non-hydrogen) atoms. The van der Waals surface area contributed by atoms with E-state index in [2.05, 4.69) is 10.4 Å². The Labute approximate surface area is 184 Å². The van der Waals surface area contributed by atoms with Crippen molar-refractivity contribution in [3.8, 4) is 5.75 Å². The molecule has 0 aliphatic rings. The number of aromatic nitrogens is 2. The minimum Gasteiger partial charge on any atom is -0.487 e. The maximum atomic E-state index is 12.4. The van der Waals surface area contributed by atoms with Gasteiger partial charge in [-0.2, -0.15) is 5.10 Å². The molecule has 9 heteroatoms. The fourth-order valence-electron chi connectivity index (χ4n) is 3.18. The lowest BCUT2D eigenvalue weighted by Crippen LogP contribution is -2.27. The lowest BCUT2D eigenvalue weighted by molar-refractivity contribution is -0.386. The molecule has 0 saturated carbocycles. The number of carbonyl (C=O) groups excluding carboxylic acids is 1. The SMILES string of the molecule is Cc1ccc(Cl)c(OCc2ccc(C(=O)NCCn3nc(C)c([N+](=O)[O-])c3C)cc2)c1. The van der Waals surface area contributed by atoms with Gasteiger partial charge in [-0.05, 0) is 56.2 Å².